The predicted molar refractivity (Wildman–Crippen MR) is 86.8 cm³/mol. The standard InChI is InChI=1S/C21H16O/c22-13-9-11-18-19(12-10-13)21-15-6-2-1-5-14(15)20(18)16-7-3-4-8-17(16)21/h1-12,18-21H. The fourth-order valence-electron chi connectivity index (χ4n) is 4.71. The van der Waals surface area contributed by atoms with E-state index in [-0.39, 0.29) is 5.78 Å². The van der Waals surface area contributed by atoms with Gasteiger partial charge >= 0.3 is 0 Å². The largest absolute Gasteiger partial charge is 0.290 e. The van der Waals surface area contributed by atoms with Gasteiger partial charge in [0.1, 0.15) is 0 Å². The third kappa shape index (κ3) is 1.46. The molecule has 2 aromatic rings. The van der Waals surface area contributed by atoms with Crippen LogP contribution in [0.3, 0.4) is 0 Å². The van der Waals surface area contributed by atoms with Crippen LogP contribution in [0.15, 0.2) is 72.8 Å². The van der Waals surface area contributed by atoms with Crippen molar-refractivity contribution in [3.63, 3.8) is 0 Å². The van der Waals surface area contributed by atoms with Gasteiger partial charge in [0.05, 0.1) is 0 Å². The molecule has 0 spiro atoms. The normalized spacial score (nSPS) is 30.5. The summed E-state index contributed by atoms with van der Waals surface area (Å²) in [6.07, 6.45) is 7.81. The molecule has 0 aliphatic heterocycles. The third-order valence-electron chi connectivity index (χ3n) is 5.51. The number of allylic oxidation sites excluding steroid dienone is 4. The molecule has 6 rings (SSSR count). The molecule has 22 heavy (non-hydrogen) atoms. The van der Waals surface area contributed by atoms with E-state index >= 15 is 0 Å². The molecule has 0 aromatic heterocycles. The summed E-state index contributed by atoms with van der Waals surface area (Å²) >= 11 is 0. The van der Waals surface area contributed by atoms with Crippen molar-refractivity contribution in [2.24, 2.45) is 11.8 Å². The molecular weight excluding hydrogens is 268 g/mol. The fraction of sp³-hybridized carbons (Fsp3) is 0.190. The molecule has 0 fully saturated rings. The average molecular weight is 284 g/mol. The van der Waals surface area contributed by atoms with Crippen LogP contribution >= 0.6 is 0 Å². The van der Waals surface area contributed by atoms with E-state index in [1.54, 1.807) is 12.2 Å². The van der Waals surface area contributed by atoms with Gasteiger partial charge in [-0.2, -0.15) is 0 Å². The number of benzene rings is 2. The Balaban J connectivity index is 1.83. The number of hydrogen-bond acceptors (Lipinski definition) is 1. The van der Waals surface area contributed by atoms with Crippen molar-refractivity contribution in [3.8, 4) is 0 Å². The van der Waals surface area contributed by atoms with Gasteiger partial charge in [-0.3, -0.25) is 4.79 Å². The van der Waals surface area contributed by atoms with E-state index in [0.29, 0.717) is 23.7 Å². The van der Waals surface area contributed by atoms with Crippen molar-refractivity contribution in [1.29, 1.82) is 0 Å². The van der Waals surface area contributed by atoms with E-state index < -0.39 is 0 Å². The molecule has 2 atom stereocenters. The lowest BCUT2D eigenvalue weighted by Gasteiger charge is -2.49. The van der Waals surface area contributed by atoms with Crippen molar-refractivity contribution >= 4 is 5.78 Å². The highest BCUT2D eigenvalue weighted by Gasteiger charge is 2.47. The summed E-state index contributed by atoms with van der Waals surface area (Å²) in [6.45, 7) is 0. The average Bonchev–Trinajstić information content (AvgIpc) is 2.77. The van der Waals surface area contributed by atoms with E-state index in [1.807, 2.05) is 0 Å². The summed E-state index contributed by atoms with van der Waals surface area (Å²) in [5.74, 6) is 1.63. The second kappa shape index (κ2) is 4.30. The lowest BCUT2D eigenvalue weighted by molar-refractivity contribution is -0.110. The van der Waals surface area contributed by atoms with E-state index in [4.69, 9.17) is 0 Å². The number of carbonyl (C=O) groups excluding carboxylic acids is 1. The Morgan fingerprint density at radius 2 is 0.955 bits per heavy atom. The molecule has 4 aliphatic carbocycles. The second-order valence-electron chi connectivity index (χ2n) is 6.49. The van der Waals surface area contributed by atoms with E-state index in [9.17, 15) is 4.79 Å². The Labute approximate surface area is 130 Å². The van der Waals surface area contributed by atoms with Crippen LogP contribution < -0.4 is 0 Å². The zero-order chi connectivity index (χ0) is 14.7. The van der Waals surface area contributed by atoms with Gasteiger partial charge in [0.15, 0.2) is 5.78 Å². The van der Waals surface area contributed by atoms with E-state index in [0.717, 1.165) is 0 Å². The Kier molecular flexibility index (Phi) is 2.38. The van der Waals surface area contributed by atoms with E-state index in [1.165, 1.54) is 22.3 Å². The van der Waals surface area contributed by atoms with Gasteiger partial charge in [-0.25, -0.2) is 0 Å². The molecule has 4 aliphatic rings. The van der Waals surface area contributed by atoms with Crippen LogP contribution in [0.5, 0.6) is 0 Å². The first-order chi connectivity index (χ1) is 10.8. The number of hydrogen-bond donors (Lipinski definition) is 0. The van der Waals surface area contributed by atoms with Crippen molar-refractivity contribution in [3.05, 3.63) is 95.1 Å². The first kappa shape index (κ1) is 12.2. The molecule has 0 heterocycles. The van der Waals surface area contributed by atoms with Crippen LogP contribution in [0, 0.1) is 11.8 Å². The van der Waals surface area contributed by atoms with Gasteiger partial charge < -0.3 is 0 Å². The number of carbonyl (C=O) groups is 1. The van der Waals surface area contributed by atoms with Gasteiger partial charge in [0.2, 0.25) is 0 Å². The van der Waals surface area contributed by atoms with Gasteiger partial charge in [-0.1, -0.05) is 60.7 Å². The fourth-order valence-corrected chi connectivity index (χ4v) is 4.71. The lowest BCUT2D eigenvalue weighted by Crippen LogP contribution is -2.38. The predicted octanol–water partition coefficient (Wildman–Crippen LogP) is 4.20. The van der Waals surface area contributed by atoms with Crippen molar-refractivity contribution in [1.82, 2.24) is 0 Å². The van der Waals surface area contributed by atoms with Crippen LogP contribution in [0.1, 0.15) is 34.1 Å². The Morgan fingerprint density at radius 1 is 0.591 bits per heavy atom. The summed E-state index contributed by atoms with van der Waals surface area (Å²) in [5.41, 5.74) is 5.78. The van der Waals surface area contributed by atoms with Gasteiger partial charge in [0, 0.05) is 11.8 Å². The summed E-state index contributed by atoms with van der Waals surface area (Å²) in [6, 6.07) is 17.6. The molecule has 0 N–H and O–H groups in total. The Hall–Kier alpha value is -2.41. The van der Waals surface area contributed by atoms with E-state index in [2.05, 4.69) is 60.7 Å². The molecular formula is C21H16O. The first-order valence-electron chi connectivity index (χ1n) is 7.92. The molecule has 2 bridgehead atoms. The van der Waals surface area contributed by atoms with Gasteiger partial charge in [-0.05, 0) is 46.2 Å². The summed E-state index contributed by atoms with van der Waals surface area (Å²) in [7, 11) is 0. The van der Waals surface area contributed by atoms with Crippen LogP contribution in [-0.4, -0.2) is 5.78 Å². The monoisotopic (exact) mass is 284 g/mol. The second-order valence-corrected chi connectivity index (χ2v) is 6.49. The molecule has 0 radical (unpaired) electrons. The molecule has 0 saturated heterocycles. The van der Waals surface area contributed by atoms with Gasteiger partial charge in [0.25, 0.3) is 0 Å². The first-order valence-corrected chi connectivity index (χ1v) is 7.92. The minimum absolute atomic E-state index is 0.113. The minimum Gasteiger partial charge on any atom is -0.290 e. The molecule has 2 unspecified atom stereocenters. The van der Waals surface area contributed by atoms with Crippen molar-refractivity contribution in [2.75, 3.05) is 0 Å². The smallest absolute Gasteiger partial charge is 0.178 e. The topological polar surface area (TPSA) is 17.1 Å². The summed E-state index contributed by atoms with van der Waals surface area (Å²) in [5, 5.41) is 0. The van der Waals surface area contributed by atoms with Crippen LogP contribution in [-0.2, 0) is 4.79 Å². The maximum absolute atomic E-state index is 11.8. The summed E-state index contributed by atoms with van der Waals surface area (Å²) in [4.78, 5) is 11.8. The van der Waals surface area contributed by atoms with Crippen LogP contribution in [0.2, 0.25) is 0 Å². The number of ketones is 1. The maximum atomic E-state index is 11.8. The third-order valence-corrected chi connectivity index (χ3v) is 5.51. The molecule has 0 saturated carbocycles. The minimum atomic E-state index is 0.113. The van der Waals surface area contributed by atoms with Crippen LogP contribution in [0.25, 0.3) is 0 Å². The summed E-state index contributed by atoms with van der Waals surface area (Å²) < 4.78 is 0. The van der Waals surface area contributed by atoms with Crippen molar-refractivity contribution < 1.29 is 4.79 Å². The Morgan fingerprint density at radius 3 is 1.32 bits per heavy atom. The molecule has 2 aromatic carbocycles. The highest BCUT2D eigenvalue weighted by Crippen LogP contribution is 2.59. The highest BCUT2D eigenvalue weighted by atomic mass is 16.1. The maximum Gasteiger partial charge on any atom is 0.178 e. The van der Waals surface area contributed by atoms with Crippen molar-refractivity contribution in [2.45, 2.75) is 11.8 Å². The quantitative estimate of drug-likeness (QED) is 0.708. The molecule has 1 heteroatoms. The zero-order valence-corrected chi connectivity index (χ0v) is 12.1. The SMILES string of the molecule is O=C1C=CC2C3c4ccccc4C(c4ccccc43)C2C=C1. The molecule has 106 valence electrons. The highest BCUT2D eigenvalue weighted by molar-refractivity contribution is 5.99. The Bertz CT molecular complexity index is 727. The van der Waals surface area contributed by atoms with Gasteiger partial charge in [-0.15, -0.1) is 0 Å². The number of rotatable bonds is 0. The zero-order valence-electron chi connectivity index (χ0n) is 12.1. The molecule has 1 nitrogen and oxygen atoms in total. The lowest BCUT2D eigenvalue weighted by atomic mass is 9.54. The molecule has 0 amide bonds. The van der Waals surface area contributed by atoms with Crippen LogP contribution in [0.4, 0.5) is 0 Å².